The molecule has 1 aliphatic rings. The molecule has 0 radical (unpaired) electrons. The summed E-state index contributed by atoms with van der Waals surface area (Å²) in [5.41, 5.74) is 1.32. The number of nitrogens with zero attached hydrogens (tertiary/aromatic N) is 3. The van der Waals surface area contributed by atoms with Crippen molar-refractivity contribution in [1.29, 1.82) is 0 Å². The molecule has 1 saturated heterocycles. The molecular weight excluding hydrogens is 321 g/mol. The van der Waals surface area contributed by atoms with Crippen molar-refractivity contribution in [2.24, 2.45) is 0 Å². The Kier molecular flexibility index (Phi) is 4.88. The zero-order valence-corrected chi connectivity index (χ0v) is 13.2. The molecule has 0 bridgehead atoms. The quantitative estimate of drug-likeness (QED) is 0.873. The number of aromatic nitrogens is 3. The maximum atomic E-state index is 13.1. The number of nitrogens with one attached hydrogen (secondary N) is 2. The van der Waals surface area contributed by atoms with Gasteiger partial charge in [-0.2, -0.15) is 0 Å². The van der Waals surface area contributed by atoms with Gasteiger partial charge < -0.3 is 10.6 Å². The Morgan fingerprint density at radius 3 is 3.13 bits per heavy atom. The Hall–Kier alpha value is -1.99. The van der Waals surface area contributed by atoms with E-state index in [1.165, 1.54) is 16.8 Å². The Morgan fingerprint density at radius 2 is 2.35 bits per heavy atom. The van der Waals surface area contributed by atoms with E-state index < -0.39 is 5.82 Å². The second-order valence-corrected chi connectivity index (χ2v) is 5.94. The fraction of sp³-hybridized carbons (Fsp3) is 0.400. The van der Waals surface area contributed by atoms with Gasteiger partial charge in [0.2, 0.25) is 5.91 Å². The predicted octanol–water partition coefficient (Wildman–Crippen LogP) is 1.82. The fourth-order valence-corrected chi connectivity index (χ4v) is 2.83. The number of hydrogen-bond acceptors (Lipinski definition) is 4. The highest BCUT2D eigenvalue weighted by atomic mass is 35.5. The number of amides is 1. The van der Waals surface area contributed by atoms with E-state index >= 15 is 0 Å². The van der Waals surface area contributed by atoms with E-state index in [-0.39, 0.29) is 17.0 Å². The Bertz CT molecular complexity index is 705. The summed E-state index contributed by atoms with van der Waals surface area (Å²) < 4.78 is 14.6. The summed E-state index contributed by atoms with van der Waals surface area (Å²) in [5, 5.41) is 14.6. The number of halogens is 2. The van der Waals surface area contributed by atoms with Crippen molar-refractivity contribution in [3.8, 4) is 5.69 Å². The van der Waals surface area contributed by atoms with Crippen LogP contribution in [0.4, 0.5) is 4.39 Å². The number of carbonyl (C=O) groups excluding carboxylic acids is 1. The highest BCUT2D eigenvalue weighted by Crippen LogP contribution is 2.20. The van der Waals surface area contributed by atoms with Gasteiger partial charge in [0.25, 0.3) is 0 Å². The zero-order chi connectivity index (χ0) is 16.2. The van der Waals surface area contributed by atoms with E-state index in [1.54, 1.807) is 12.3 Å². The molecule has 1 aromatic heterocycles. The van der Waals surface area contributed by atoms with Crippen molar-refractivity contribution < 1.29 is 9.18 Å². The average molecular weight is 338 g/mol. The van der Waals surface area contributed by atoms with Gasteiger partial charge in [0.05, 0.1) is 22.6 Å². The largest absolute Gasteiger partial charge is 0.352 e. The Morgan fingerprint density at radius 1 is 1.48 bits per heavy atom. The first-order valence-corrected chi connectivity index (χ1v) is 7.86. The summed E-state index contributed by atoms with van der Waals surface area (Å²) in [6.07, 6.45) is 4.27. The van der Waals surface area contributed by atoms with Gasteiger partial charge >= 0.3 is 0 Å². The molecule has 6 nitrogen and oxygen atoms in total. The molecule has 0 aliphatic carbocycles. The lowest BCUT2D eigenvalue weighted by molar-refractivity contribution is -0.123. The molecule has 122 valence electrons. The van der Waals surface area contributed by atoms with E-state index in [9.17, 15) is 9.18 Å². The third-order valence-electron chi connectivity index (χ3n) is 3.72. The number of rotatable bonds is 5. The van der Waals surface area contributed by atoms with Gasteiger partial charge in [-0.25, -0.2) is 9.07 Å². The zero-order valence-electron chi connectivity index (χ0n) is 12.4. The SMILES string of the molecule is O=C1CCC[C@H](CNCc2cn(-c3ccc(F)cc3Cl)nn2)N1. The monoisotopic (exact) mass is 337 g/mol. The molecule has 8 heteroatoms. The maximum Gasteiger partial charge on any atom is 0.220 e. The molecule has 3 rings (SSSR count). The Balaban J connectivity index is 1.56. The summed E-state index contributed by atoms with van der Waals surface area (Å²) >= 11 is 6.01. The van der Waals surface area contributed by atoms with E-state index in [1.807, 2.05) is 0 Å². The number of carbonyl (C=O) groups is 1. The minimum atomic E-state index is -0.393. The topological polar surface area (TPSA) is 71.8 Å². The van der Waals surface area contributed by atoms with Crippen molar-refractivity contribution >= 4 is 17.5 Å². The molecule has 1 aliphatic heterocycles. The molecule has 2 N–H and O–H groups in total. The molecule has 2 aromatic rings. The van der Waals surface area contributed by atoms with Gasteiger partial charge in [-0.3, -0.25) is 4.79 Å². The molecule has 0 saturated carbocycles. The van der Waals surface area contributed by atoms with Gasteiger partial charge in [-0.05, 0) is 31.0 Å². The first-order valence-electron chi connectivity index (χ1n) is 7.48. The third-order valence-corrected chi connectivity index (χ3v) is 4.02. The molecule has 1 aromatic carbocycles. The van der Waals surface area contributed by atoms with Crippen molar-refractivity contribution in [1.82, 2.24) is 25.6 Å². The molecule has 1 fully saturated rings. The number of piperidine rings is 1. The minimum absolute atomic E-state index is 0.111. The molecule has 1 atom stereocenters. The van der Waals surface area contributed by atoms with Crippen molar-refractivity contribution in [2.75, 3.05) is 6.54 Å². The predicted molar refractivity (Wildman–Crippen MR) is 83.8 cm³/mol. The highest BCUT2D eigenvalue weighted by Gasteiger charge is 2.17. The summed E-state index contributed by atoms with van der Waals surface area (Å²) in [5.74, 6) is -0.282. The summed E-state index contributed by atoms with van der Waals surface area (Å²) in [4.78, 5) is 11.3. The molecule has 2 heterocycles. The first-order chi connectivity index (χ1) is 11.1. The first kappa shape index (κ1) is 15.9. The van der Waals surface area contributed by atoms with E-state index in [4.69, 9.17) is 11.6 Å². The number of benzene rings is 1. The standard InChI is InChI=1S/C15H17ClFN5O/c16-13-6-10(17)4-5-14(13)22-9-12(20-21-22)8-18-7-11-2-1-3-15(23)19-11/h4-6,9,11,18H,1-3,7-8H2,(H,19,23)/t11-/m1/s1. The van der Waals surface area contributed by atoms with Gasteiger partial charge in [-0.15, -0.1) is 5.10 Å². The summed E-state index contributed by atoms with van der Waals surface area (Å²) in [7, 11) is 0. The lowest BCUT2D eigenvalue weighted by Crippen LogP contribution is -2.44. The lowest BCUT2D eigenvalue weighted by Gasteiger charge is -2.23. The fourth-order valence-electron chi connectivity index (χ4n) is 2.57. The van der Waals surface area contributed by atoms with Crippen LogP contribution in [0.25, 0.3) is 5.69 Å². The van der Waals surface area contributed by atoms with Crippen LogP contribution in [0.15, 0.2) is 24.4 Å². The second kappa shape index (κ2) is 7.06. The molecule has 0 spiro atoms. The van der Waals surface area contributed by atoms with Crippen LogP contribution in [-0.4, -0.2) is 33.5 Å². The van der Waals surface area contributed by atoms with Crippen LogP contribution in [-0.2, 0) is 11.3 Å². The van der Waals surface area contributed by atoms with Crippen molar-refractivity contribution in [2.45, 2.75) is 31.8 Å². The van der Waals surface area contributed by atoms with Crippen LogP contribution >= 0.6 is 11.6 Å². The molecule has 0 unspecified atom stereocenters. The van der Waals surface area contributed by atoms with Crippen LogP contribution < -0.4 is 10.6 Å². The van der Waals surface area contributed by atoms with Crippen molar-refractivity contribution in [3.05, 3.63) is 40.9 Å². The van der Waals surface area contributed by atoms with Gasteiger partial charge in [0.15, 0.2) is 0 Å². The van der Waals surface area contributed by atoms with E-state index in [0.29, 0.717) is 25.2 Å². The van der Waals surface area contributed by atoms with Crippen LogP contribution in [0.2, 0.25) is 5.02 Å². The van der Waals surface area contributed by atoms with E-state index in [2.05, 4.69) is 20.9 Å². The third kappa shape index (κ3) is 4.05. The van der Waals surface area contributed by atoms with Crippen LogP contribution in [0.1, 0.15) is 25.0 Å². The summed E-state index contributed by atoms with van der Waals surface area (Å²) in [6, 6.07) is 4.29. The maximum absolute atomic E-state index is 13.1. The molecular formula is C15H17ClFN5O. The molecule has 1 amide bonds. The normalized spacial score (nSPS) is 18.0. The van der Waals surface area contributed by atoms with Gasteiger partial charge in [0, 0.05) is 25.6 Å². The molecule has 23 heavy (non-hydrogen) atoms. The second-order valence-electron chi connectivity index (χ2n) is 5.54. The minimum Gasteiger partial charge on any atom is -0.352 e. The Labute approximate surface area is 138 Å². The lowest BCUT2D eigenvalue weighted by atomic mass is 10.0. The van der Waals surface area contributed by atoms with E-state index in [0.717, 1.165) is 18.5 Å². The van der Waals surface area contributed by atoms with Gasteiger partial charge in [0.1, 0.15) is 5.82 Å². The number of hydrogen-bond donors (Lipinski definition) is 2. The van der Waals surface area contributed by atoms with Crippen LogP contribution in [0.5, 0.6) is 0 Å². The smallest absolute Gasteiger partial charge is 0.220 e. The highest BCUT2D eigenvalue weighted by molar-refractivity contribution is 6.32. The average Bonchev–Trinajstić information content (AvgIpc) is 2.96. The van der Waals surface area contributed by atoms with Crippen molar-refractivity contribution in [3.63, 3.8) is 0 Å². The van der Waals surface area contributed by atoms with Crippen LogP contribution in [0.3, 0.4) is 0 Å². The van der Waals surface area contributed by atoms with Gasteiger partial charge in [-0.1, -0.05) is 16.8 Å². The summed E-state index contributed by atoms with van der Waals surface area (Å²) in [6.45, 7) is 1.22. The van der Waals surface area contributed by atoms with Crippen LogP contribution in [0, 0.1) is 5.82 Å².